The molecule has 1 aliphatic carbocycles. The summed E-state index contributed by atoms with van der Waals surface area (Å²) in [6.07, 6.45) is 6.14. The Bertz CT molecular complexity index is 489. The van der Waals surface area contributed by atoms with Crippen LogP contribution in [0.4, 0.5) is 0 Å². The number of ketones is 1. The van der Waals surface area contributed by atoms with Gasteiger partial charge in [0.2, 0.25) is 17.6 Å². The molecular weight excluding hydrogens is 324 g/mol. The van der Waals surface area contributed by atoms with Gasteiger partial charge in [0.05, 0.1) is 12.6 Å². The summed E-state index contributed by atoms with van der Waals surface area (Å²) in [5.74, 6) is -2.47. The predicted octanol–water partition coefficient (Wildman–Crippen LogP) is -0.390. The number of amides is 3. The minimum absolute atomic E-state index is 0.0331. The van der Waals surface area contributed by atoms with E-state index >= 15 is 0 Å². The fourth-order valence-corrected chi connectivity index (χ4v) is 3.21. The summed E-state index contributed by atoms with van der Waals surface area (Å²) in [6.45, 7) is 1.56. The Morgan fingerprint density at radius 3 is 2.28 bits per heavy atom. The van der Waals surface area contributed by atoms with Crippen LogP contribution in [0, 0.1) is 5.92 Å². The summed E-state index contributed by atoms with van der Waals surface area (Å²) in [6, 6.07) is -1.29. The van der Waals surface area contributed by atoms with Crippen LogP contribution in [0.2, 0.25) is 0 Å². The molecule has 1 aliphatic rings. The number of carbonyl (C=O) groups excluding carboxylic acids is 4. The standard InChI is InChI=1S/C17H30N4O4/c1-3-7-12(19-2)15(23)17(25)20-10-13(22)21-14(16(18)24)11-8-5-4-6-9-11/h11-12,14,19H,3-10H2,1-2H3,(H2,18,24)(H,20,25)(H,21,22). The normalized spacial score (nSPS) is 17.4. The highest BCUT2D eigenvalue weighted by molar-refractivity contribution is 6.38. The molecule has 25 heavy (non-hydrogen) atoms. The van der Waals surface area contributed by atoms with Crippen molar-refractivity contribution in [3.63, 3.8) is 0 Å². The lowest BCUT2D eigenvalue weighted by molar-refractivity contribution is -0.139. The van der Waals surface area contributed by atoms with Gasteiger partial charge in [-0.1, -0.05) is 32.6 Å². The second-order valence-electron chi connectivity index (χ2n) is 6.52. The van der Waals surface area contributed by atoms with Crippen molar-refractivity contribution in [2.75, 3.05) is 13.6 Å². The van der Waals surface area contributed by atoms with E-state index in [-0.39, 0.29) is 12.5 Å². The van der Waals surface area contributed by atoms with E-state index in [0.717, 1.165) is 38.5 Å². The van der Waals surface area contributed by atoms with Crippen molar-refractivity contribution in [2.45, 2.75) is 64.0 Å². The first-order valence-corrected chi connectivity index (χ1v) is 8.98. The molecule has 1 rings (SSSR count). The second kappa shape index (κ2) is 10.8. The van der Waals surface area contributed by atoms with Crippen molar-refractivity contribution in [3.05, 3.63) is 0 Å². The number of hydrogen-bond donors (Lipinski definition) is 4. The van der Waals surface area contributed by atoms with Gasteiger partial charge >= 0.3 is 0 Å². The van der Waals surface area contributed by atoms with Gasteiger partial charge in [0.1, 0.15) is 6.04 Å². The predicted molar refractivity (Wildman–Crippen MR) is 93.5 cm³/mol. The number of primary amides is 1. The topological polar surface area (TPSA) is 130 Å². The van der Waals surface area contributed by atoms with Gasteiger partial charge in [-0.3, -0.25) is 19.2 Å². The van der Waals surface area contributed by atoms with Gasteiger partial charge in [-0.05, 0) is 32.2 Å². The maximum Gasteiger partial charge on any atom is 0.289 e. The van der Waals surface area contributed by atoms with Crippen LogP contribution in [0.3, 0.4) is 0 Å². The average Bonchev–Trinajstić information content (AvgIpc) is 2.62. The number of hydrogen-bond acceptors (Lipinski definition) is 5. The summed E-state index contributed by atoms with van der Waals surface area (Å²) in [4.78, 5) is 47.5. The molecule has 1 saturated carbocycles. The molecule has 0 aliphatic heterocycles. The third-order valence-electron chi connectivity index (χ3n) is 4.62. The summed E-state index contributed by atoms with van der Waals surface area (Å²) >= 11 is 0. The number of nitrogens with two attached hydrogens (primary N) is 1. The number of carbonyl (C=O) groups is 4. The molecule has 142 valence electrons. The van der Waals surface area contributed by atoms with Crippen molar-refractivity contribution < 1.29 is 19.2 Å². The first kappa shape index (κ1) is 21.1. The zero-order valence-corrected chi connectivity index (χ0v) is 15.1. The number of Topliss-reactive ketones (excluding diaryl/α,β-unsaturated/α-hetero) is 1. The van der Waals surface area contributed by atoms with Crippen molar-refractivity contribution in [2.24, 2.45) is 11.7 Å². The van der Waals surface area contributed by atoms with Crippen LogP contribution in [0.25, 0.3) is 0 Å². The smallest absolute Gasteiger partial charge is 0.289 e. The molecule has 0 aromatic rings. The van der Waals surface area contributed by atoms with E-state index in [1.807, 2.05) is 6.92 Å². The Kier molecular flexibility index (Phi) is 9.12. The molecule has 0 radical (unpaired) electrons. The molecule has 2 unspecified atom stereocenters. The Hall–Kier alpha value is -1.96. The Morgan fingerprint density at radius 1 is 1.12 bits per heavy atom. The lowest BCUT2D eigenvalue weighted by Gasteiger charge is -2.28. The van der Waals surface area contributed by atoms with E-state index in [9.17, 15) is 19.2 Å². The summed E-state index contributed by atoms with van der Waals surface area (Å²) in [5.41, 5.74) is 5.41. The molecule has 8 heteroatoms. The first-order valence-electron chi connectivity index (χ1n) is 8.98. The zero-order valence-electron chi connectivity index (χ0n) is 15.1. The first-order chi connectivity index (χ1) is 11.9. The van der Waals surface area contributed by atoms with Crippen LogP contribution in [0.15, 0.2) is 0 Å². The molecule has 1 fully saturated rings. The number of rotatable bonds is 10. The van der Waals surface area contributed by atoms with Gasteiger partial charge in [0.15, 0.2) is 0 Å². The Balaban J connectivity index is 2.50. The molecule has 3 amide bonds. The van der Waals surface area contributed by atoms with Crippen LogP contribution in [-0.2, 0) is 19.2 Å². The van der Waals surface area contributed by atoms with Crippen molar-refractivity contribution in [3.8, 4) is 0 Å². The van der Waals surface area contributed by atoms with Crippen LogP contribution in [-0.4, -0.2) is 49.2 Å². The van der Waals surface area contributed by atoms with Crippen molar-refractivity contribution >= 4 is 23.5 Å². The van der Waals surface area contributed by atoms with Crippen LogP contribution in [0.1, 0.15) is 51.9 Å². The van der Waals surface area contributed by atoms with Gasteiger partial charge in [-0.2, -0.15) is 0 Å². The third kappa shape index (κ3) is 6.81. The van der Waals surface area contributed by atoms with Crippen LogP contribution in [0.5, 0.6) is 0 Å². The third-order valence-corrected chi connectivity index (χ3v) is 4.62. The SMILES string of the molecule is CCCC(NC)C(=O)C(=O)NCC(=O)NC(C(N)=O)C1CCCCC1. The molecule has 0 aromatic heterocycles. The zero-order chi connectivity index (χ0) is 18.8. The number of likely N-dealkylation sites (N-methyl/N-ethyl adjacent to an activating group) is 1. The molecule has 8 nitrogen and oxygen atoms in total. The lowest BCUT2D eigenvalue weighted by atomic mass is 9.83. The molecule has 5 N–H and O–H groups in total. The highest BCUT2D eigenvalue weighted by Gasteiger charge is 2.29. The van der Waals surface area contributed by atoms with Crippen molar-refractivity contribution in [1.82, 2.24) is 16.0 Å². The summed E-state index contributed by atoms with van der Waals surface area (Å²) < 4.78 is 0. The summed E-state index contributed by atoms with van der Waals surface area (Å²) in [7, 11) is 1.61. The fraction of sp³-hybridized carbons (Fsp3) is 0.765. The molecule has 0 heterocycles. The molecule has 0 spiro atoms. The van der Waals surface area contributed by atoms with E-state index in [0.29, 0.717) is 6.42 Å². The van der Waals surface area contributed by atoms with Gasteiger partial charge in [-0.25, -0.2) is 0 Å². The highest BCUT2D eigenvalue weighted by Crippen LogP contribution is 2.26. The largest absolute Gasteiger partial charge is 0.368 e. The minimum atomic E-state index is -0.809. The van der Waals surface area contributed by atoms with E-state index in [1.165, 1.54) is 0 Å². The monoisotopic (exact) mass is 354 g/mol. The molecular formula is C17H30N4O4. The summed E-state index contributed by atoms with van der Waals surface area (Å²) in [5, 5.41) is 7.69. The molecule has 0 saturated heterocycles. The van der Waals surface area contributed by atoms with Crippen molar-refractivity contribution in [1.29, 1.82) is 0 Å². The Labute approximate surface area is 148 Å². The van der Waals surface area contributed by atoms with E-state index < -0.39 is 35.6 Å². The van der Waals surface area contributed by atoms with E-state index in [4.69, 9.17) is 5.73 Å². The van der Waals surface area contributed by atoms with Crippen LogP contribution < -0.4 is 21.7 Å². The van der Waals surface area contributed by atoms with Gasteiger partial charge in [0, 0.05) is 0 Å². The quantitative estimate of drug-likeness (QED) is 0.397. The molecule has 0 bridgehead atoms. The fourth-order valence-electron chi connectivity index (χ4n) is 3.21. The molecule has 0 aromatic carbocycles. The molecule has 2 atom stereocenters. The van der Waals surface area contributed by atoms with E-state index in [2.05, 4.69) is 16.0 Å². The Morgan fingerprint density at radius 2 is 1.76 bits per heavy atom. The van der Waals surface area contributed by atoms with Gasteiger partial charge in [0.25, 0.3) is 5.91 Å². The highest BCUT2D eigenvalue weighted by atomic mass is 16.2. The van der Waals surface area contributed by atoms with Gasteiger partial charge in [-0.15, -0.1) is 0 Å². The van der Waals surface area contributed by atoms with Gasteiger partial charge < -0.3 is 21.7 Å². The van der Waals surface area contributed by atoms with E-state index in [1.54, 1.807) is 7.05 Å². The lowest BCUT2D eigenvalue weighted by Crippen LogP contribution is -2.53. The minimum Gasteiger partial charge on any atom is -0.368 e. The maximum absolute atomic E-state index is 12.0. The van der Waals surface area contributed by atoms with Crippen LogP contribution >= 0.6 is 0 Å². The maximum atomic E-state index is 12.0. The average molecular weight is 354 g/mol. The number of nitrogens with one attached hydrogen (secondary N) is 3. The second-order valence-corrected chi connectivity index (χ2v) is 6.52.